The van der Waals surface area contributed by atoms with E-state index in [9.17, 15) is 10.5 Å². The first kappa shape index (κ1) is 25.5. The number of hydrogen-bond acceptors (Lipinski definition) is 4. The van der Waals surface area contributed by atoms with Crippen LogP contribution in [0, 0.1) is 50.2 Å². The molecule has 5 rings (SSSR count). The van der Waals surface area contributed by atoms with Crippen LogP contribution in [0.5, 0.6) is 0 Å². The maximum Gasteiger partial charge on any atom is 0.0627 e. The SMILES string of the molecule is CC(C)C1(CC#N)CCC(N2CC(C)(CCC3(CC#N)CCC(N4CC5(CCC5)C4)CC3)C2)CC1. The third-order valence-electron chi connectivity index (χ3n) is 12.0. The van der Waals surface area contributed by atoms with Crippen molar-refractivity contribution in [1.82, 2.24) is 9.80 Å². The van der Waals surface area contributed by atoms with Gasteiger partial charge in [-0.1, -0.05) is 27.2 Å². The van der Waals surface area contributed by atoms with E-state index in [1.54, 1.807) is 0 Å². The van der Waals surface area contributed by atoms with E-state index in [0.29, 0.717) is 11.3 Å². The van der Waals surface area contributed by atoms with E-state index in [1.165, 1.54) is 110 Å². The van der Waals surface area contributed by atoms with E-state index >= 15 is 0 Å². The number of hydrogen-bond donors (Lipinski definition) is 0. The molecule has 0 aromatic rings. The third-order valence-corrected chi connectivity index (χ3v) is 12.0. The summed E-state index contributed by atoms with van der Waals surface area (Å²) in [5, 5.41) is 19.0. The van der Waals surface area contributed by atoms with Gasteiger partial charge >= 0.3 is 0 Å². The second kappa shape index (κ2) is 9.65. The molecule has 5 fully saturated rings. The molecule has 2 heterocycles. The molecule has 0 radical (unpaired) electrons. The molecular formula is C31H50N4. The van der Waals surface area contributed by atoms with E-state index in [2.05, 4.69) is 42.7 Å². The molecule has 2 aliphatic heterocycles. The average Bonchev–Trinajstić information content (AvgIpc) is 2.76. The van der Waals surface area contributed by atoms with Crippen molar-refractivity contribution in [1.29, 1.82) is 10.5 Å². The Kier molecular flexibility index (Phi) is 7.04. The van der Waals surface area contributed by atoms with Gasteiger partial charge < -0.3 is 0 Å². The van der Waals surface area contributed by atoms with Crippen molar-refractivity contribution in [3.63, 3.8) is 0 Å². The Morgan fingerprint density at radius 1 is 0.743 bits per heavy atom. The van der Waals surface area contributed by atoms with Gasteiger partial charge in [0.15, 0.2) is 0 Å². The zero-order valence-electron chi connectivity index (χ0n) is 23.0. The fraction of sp³-hybridized carbons (Fsp3) is 0.935. The maximum atomic E-state index is 9.67. The molecule has 2 saturated heterocycles. The minimum atomic E-state index is 0.260. The van der Waals surface area contributed by atoms with Crippen LogP contribution in [-0.4, -0.2) is 48.1 Å². The zero-order valence-corrected chi connectivity index (χ0v) is 23.0. The van der Waals surface area contributed by atoms with Gasteiger partial charge in [0, 0.05) is 51.1 Å². The molecule has 4 nitrogen and oxygen atoms in total. The summed E-state index contributed by atoms with van der Waals surface area (Å²) in [5.74, 6) is 0.608. The van der Waals surface area contributed by atoms with E-state index < -0.39 is 0 Å². The summed E-state index contributed by atoms with van der Waals surface area (Å²) >= 11 is 0. The van der Waals surface area contributed by atoms with Gasteiger partial charge in [0.25, 0.3) is 0 Å². The highest BCUT2D eigenvalue weighted by Gasteiger charge is 2.51. The van der Waals surface area contributed by atoms with Crippen LogP contribution in [-0.2, 0) is 0 Å². The summed E-state index contributed by atoms with van der Waals surface area (Å²) in [6.07, 6.45) is 18.6. The smallest absolute Gasteiger partial charge is 0.0627 e. The highest BCUT2D eigenvalue weighted by atomic mass is 15.2. The van der Waals surface area contributed by atoms with Crippen molar-refractivity contribution in [3.05, 3.63) is 0 Å². The Labute approximate surface area is 215 Å². The summed E-state index contributed by atoms with van der Waals surface area (Å²) in [6, 6.07) is 6.61. The quantitative estimate of drug-likeness (QED) is 0.380. The van der Waals surface area contributed by atoms with Crippen LogP contribution in [0.15, 0.2) is 0 Å². The van der Waals surface area contributed by atoms with E-state index in [-0.39, 0.29) is 10.8 Å². The summed E-state index contributed by atoms with van der Waals surface area (Å²) < 4.78 is 0. The number of nitrogens with zero attached hydrogens (tertiary/aromatic N) is 4. The lowest BCUT2D eigenvalue weighted by atomic mass is 9.61. The van der Waals surface area contributed by atoms with Crippen LogP contribution in [0.3, 0.4) is 0 Å². The molecule has 0 atom stereocenters. The molecule has 1 spiro atoms. The highest BCUT2D eigenvalue weighted by Crippen LogP contribution is 2.53. The van der Waals surface area contributed by atoms with Gasteiger partial charge in [-0.3, -0.25) is 9.80 Å². The molecule has 4 heteroatoms. The molecular weight excluding hydrogens is 428 g/mol. The minimum absolute atomic E-state index is 0.260. The number of likely N-dealkylation sites (tertiary alicyclic amines) is 2. The molecule has 0 aromatic heterocycles. The second-order valence-corrected chi connectivity index (χ2v) is 14.6. The molecule has 0 N–H and O–H groups in total. The Morgan fingerprint density at radius 2 is 1.29 bits per heavy atom. The Bertz CT molecular complexity index is 813. The summed E-state index contributed by atoms with van der Waals surface area (Å²) in [5.41, 5.74) is 1.71. The number of nitriles is 2. The van der Waals surface area contributed by atoms with Gasteiger partial charge in [0.2, 0.25) is 0 Å². The average molecular weight is 479 g/mol. The van der Waals surface area contributed by atoms with Crippen molar-refractivity contribution >= 4 is 0 Å². The maximum absolute atomic E-state index is 9.67. The number of rotatable bonds is 8. The molecule has 0 unspecified atom stereocenters. The Balaban J connectivity index is 1.07. The molecule has 0 amide bonds. The fourth-order valence-corrected chi connectivity index (χ4v) is 8.91. The first-order chi connectivity index (χ1) is 16.7. The largest absolute Gasteiger partial charge is 0.299 e. The summed E-state index contributed by atoms with van der Waals surface area (Å²) in [7, 11) is 0. The molecule has 5 aliphatic rings. The fourth-order valence-electron chi connectivity index (χ4n) is 8.91. The standard InChI is InChI=1S/C31H50N4/c1-25(2)31(18-20-33)13-7-27(8-14-31)34-21-28(3,22-34)15-16-29(17-19-32)11-5-26(6-12-29)35-23-30(24-35)9-4-10-30/h25-27H,4-18,21-24H2,1-3H3. The van der Waals surface area contributed by atoms with E-state index in [4.69, 9.17) is 0 Å². The van der Waals surface area contributed by atoms with Crippen LogP contribution < -0.4 is 0 Å². The van der Waals surface area contributed by atoms with Crippen LogP contribution in [0.4, 0.5) is 0 Å². The normalized spacial score (nSPS) is 38.7. The third kappa shape index (κ3) is 4.92. The summed E-state index contributed by atoms with van der Waals surface area (Å²) in [6.45, 7) is 12.4. The second-order valence-electron chi connectivity index (χ2n) is 14.6. The predicted molar refractivity (Wildman–Crippen MR) is 141 cm³/mol. The van der Waals surface area contributed by atoms with Crippen molar-refractivity contribution < 1.29 is 0 Å². The van der Waals surface area contributed by atoms with Gasteiger partial charge in [-0.05, 0) is 105 Å². The van der Waals surface area contributed by atoms with Gasteiger partial charge in [0.05, 0.1) is 12.1 Å². The zero-order chi connectivity index (χ0) is 24.7. The monoisotopic (exact) mass is 478 g/mol. The van der Waals surface area contributed by atoms with E-state index in [1.807, 2.05) is 0 Å². The van der Waals surface area contributed by atoms with Crippen molar-refractivity contribution in [2.75, 3.05) is 26.2 Å². The van der Waals surface area contributed by atoms with Gasteiger partial charge in [0.1, 0.15) is 0 Å². The Morgan fingerprint density at radius 3 is 1.77 bits per heavy atom. The molecule has 0 bridgehead atoms. The minimum Gasteiger partial charge on any atom is -0.299 e. The molecule has 3 aliphatic carbocycles. The Hall–Kier alpha value is -1.10. The van der Waals surface area contributed by atoms with E-state index in [0.717, 1.165) is 30.3 Å². The summed E-state index contributed by atoms with van der Waals surface area (Å²) in [4.78, 5) is 5.54. The van der Waals surface area contributed by atoms with Crippen molar-refractivity contribution in [2.24, 2.45) is 27.6 Å². The van der Waals surface area contributed by atoms with Crippen LogP contribution in [0.1, 0.15) is 117 Å². The first-order valence-electron chi connectivity index (χ1n) is 15.0. The molecule has 35 heavy (non-hydrogen) atoms. The molecule has 0 aromatic carbocycles. The van der Waals surface area contributed by atoms with Crippen molar-refractivity contribution in [2.45, 2.75) is 129 Å². The van der Waals surface area contributed by atoms with Gasteiger partial charge in [-0.15, -0.1) is 0 Å². The van der Waals surface area contributed by atoms with Crippen LogP contribution in [0.25, 0.3) is 0 Å². The van der Waals surface area contributed by atoms with Crippen molar-refractivity contribution in [3.8, 4) is 12.1 Å². The highest BCUT2D eigenvalue weighted by molar-refractivity contribution is 5.05. The topological polar surface area (TPSA) is 54.1 Å². The lowest BCUT2D eigenvalue weighted by Crippen LogP contribution is -2.63. The predicted octanol–water partition coefficient (Wildman–Crippen LogP) is 6.92. The van der Waals surface area contributed by atoms with Crippen LogP contribution in [0.2, 0.25) is 0 Å². The molecule has 3 saturated carbocycles. The van der Waals surface area contributed by atoms with Gasteiger partial charge in [-0.2, -0.15) is 10.5 Å². The van der Waals surface area contributed by atoms with Gasteiger partial charge in [-0.25, -0.2) is 0 Å². The lowest BCUT2D eigenvalue weighted by Gasteiger charge is -2.60. The lowest BCUT2D eigenvalue weighted by molar-refractivity contribution is -0.0982. The van der Waals surface area contributed by atoms with Crippen LogP contribution >= 0.6 is 0 Å². The molecule has 194 valence electrons. The first-order valence-corrected chi connectivity index (χ1v) is 15.0.